The zero-order valence-corrected chi connectivity index (χ0v) is 11.5. The van der Waals surface area contributed by atoms with Crippen LogP contribution in [0.25, 0.3) is 0 Å². The number of aromatic amines is 1. The zero-order valence-electron chi connectivity index (χ0n) is 9.82. The minimum absolute atomic E-state index is 0.0386. The van der Waals surface area contributed by atoms with Gasteiger partial charge in [-0.15, -0.1) is 11.3 Å². The third kappa shape index (κ3) is 3.00. The summed E-state index contributed by atoms with van der Waals surface area (Å²) in [5.74, 6) is -0.671. The SMILES string of the molecule is CC(NS(=O)(=O)c1cc(C(=O)O)cs1)c1ncc[nH]1. The summed E-state index contributed by atoms with van der Waals surface area (Å²) in [5, 5.41) is 10.1. The Morgan fingerprint density at radius 2 is 2.32 bits per heavy atom. The highest BCUT2D eigenvalue weighted by atomic mass is 32.2. The van der Waals surface area contributed by atoms with Crippen LogP contribution in [0.5, 0.6) is 0 Å². The van der Waals surface area contributed by atoms with E-state index in [4.69, 9.17) is 5.11 Å². The molecule has 0 aromatic carbocycles. The third-order valence-electron chi connectivity index (χ3n) is 2.35. The van der Waals surface area contributed by atoms with Gasteiger partial charge in [-0.25, -0.2) is 22.9 Å². The number of hydrogen-bond acceptors (Lipinski definition) is 5. The minimum Gasteiger partial charge on any atom is -0.478 e. The number of nitrogens with one attached hydrogen (secondary N) is 2. The Labute approximate surface area is 113 Å². The fourth-order valence-corrected chi connectivity index (χ4v) is 3.81. The van der Waals surface area contributed by atoms with Gasteiger partial charge in [-0.3, -0.25) is 0 Å². The second-order valence-electron chi connectivity index (χ2n) is 3.78. The van der Waals surface area contributed by atoms with Crippen molar-refractivity contribution in [1.82, 2.24) is 14.7 Å². The number of carboxylic acid groups (broad SMARTS) is 1. The molecule has 1 atom stereocenters. The Morgan fingerprint density at radius 1 is 1.58 bits per heavy atom. The monoisotopic (exact) mass is 301 g/mol. The molecule has 102 valence electrons. The van der Waals surface area contributed by atoms with Crippen LogP contribution in [0.4, 0.5) is 0 Å². The van der Waals surface area contributed by atoms with E-state index >= 15 is 0 Å². The second-order valence-corrected chi connectivity index (χ2v) is 6.63. The maximum atomic E-state index is 12.0. The van der Waals surface area contributed by atoms with Crippen LogP contribution in [0, 0.1) is 0 Å². The van der Waals surface area contributed by atoms with Gasteiger partial charge in [-0.1, -0.05) is 0 Å². The number of nitrogens with zero attached hydrogens (tertiary/aromatic N) is 1. The van der Waals surface area contributed by atoms with Crippen LogP contribution in [-0.2, 0) is 10.0 Å². The van der Waals surface area contributed by atoms with Crippen molar-refractivity contribution in [3.05, 3.63) is 35.2 Å². The van der Waals surface area contributed by atoms with Gasteiger partial charge in [0, 0.05) is 17.8 Å². The van der Waals surface area contributed by atoms with Crippen molar-refractivity contribution in [3.8, 4) is 0 Å². The van der Waals surface area contributed by atoms with Gasteiger partial charge in [-0.05, 0) is 13.0 Å². The van der Waals surface area contributed by atoms with Gasteiger partial charge in [-0.2, -0.15) is 0 Å². The number of hydrogen-bond donors (Lipinski definition) is 3. The van der Waals surface area contributed by atoms with Crippen LogP contribution in [0.3, 0.4) is 0 Å². The maximum absolute atomic E-state index is 12.0. The van der Waals surface area contributed by atoms with Gasteiger partial charge in [0.25, 0.3) is 10.0 Å². The molecule has 2 aromatic heterocycles. The van der Waals surface area contributed by atoms with Crippen molar-refractivity contribution < 1.29 is 18.3 Å². The first-order valence-electron chi connectivity index (χ1n) is 5.23. The number of carboxylic acids is 1. The Bertz CT molecular complexity index is 675. The molecule has 0 bridgehead atoms. The van der Waals surface area contributed by atoms with Crippen LogP contribution in [0.1, 0.15) is 29.1 Å². The summed E-state index contributed by atoms with van der Waals surface area (Å²) in [6.45, 7) is 1.64. The van der Waals surface area contributed by atoms with Gasteiger partial charge < -0.3 is 10.1 Å². The Balaban J connectivity index is 2.20. The summed E-state index contributed by atoms with van der Waals surface area (Å²) in [6, 6.07) is 0.597. The zero-order chi connectivity index (χ0) is 14.0. The first-order chi connectivity index (χ1) is 8.90. The molecule has 2 aromatic rings. The molecule has 7 nitrogen and oxygen atoms in total. The average molecular weight is 301 g/mol. The van der Waals surface area contributed by atoms with Crippen LogP contribution >= 0.6 is 11.3 Å². The van der Waals surface area contributed by atoms with Gasteiger partial charge >= 0.3 is 5.97 Å². The normalized spacial score (nSPS) is 13.3. The molecule has 2 rings (SSSR count). The molecule has 0 aliphatic rings. The third-order valence-corrected chi connectivity index (χ3v) is 5.33. The van der Waals surface area contributed by atoms with Crippen LogP contribution < -0.4 is 4.72 Å². The lowest BCUT2D eigenvalue weighted by molar-refractivity contribution is 0.0697. The van der Waals surface area contributed by atoms with E-state index in [0.29, 0.717) is 5.82 Å². The number of H-pyrrole nitrogens is 1. The van der Waals surface area contributed by atoms with Gasteiger partial charge in [0.1, 0.15) is 10.0 Å². The summed E-state index contributed by atoms with van der Waals surface area (Å²) in [6.07, 6.45) is 3.11. The Morgan fingerprint density at radius 3 is 2.84 bits per heavy atom. The topological polar surface area (TPSA) is 112 Å². The van der Waals surface area contributed by atoms with Crippen molar-refractivity contribution in [2.24, 2.45) is 0 Å². The van der Waals surface area contributed by atoms with E-state index in [1.807, 2.05) is 0 Å². The predicted octanol–water partition coefficient (Wildman–Crippen LogP) is 1.21. The predicted molar refractivity (Wildman–Crippen MR) is 68.6 cm³/mol. The molecule has 0 saturated heterocycles. The molecule has 0 aliphatic heterocycles. The fraction of sp³-hybridized carbons (Fsp3) is 0.200. The van der Waals surface area contributed by atoms with E-state index < -0.39 is 22.0 Å². The lowest BCUT2D eigenvalue weighted by Gasteiger charge is -2.10. The van der Waals surface area contributed by atoms with Crippen molar-refractivity contribution in [3.63, 3.8) is 0 Å². The molecular weight excluding hydrogens is 290 g/mol. The number of carbonyl (C=O) groups is 1. The smallest absolute Gasteiger partial charge is 0.336 e. The summed E-state index contributed by atoms with van der Waals surface area (Å²) < 4.78 is 26.5. The van der Waals surface area contributed by atoms with Crippen molar-refractivity contribution in [2.45, 2.75) is 17.2 Å². The molecule has 19 heavy (non-hydrogen) atoms. The van der Waals surface area contributed by atoms with E-state index in [1.165, 1.54) is 11.6 Å². The molecular formula is C10H11N3O4S2. The lowest BCUT2D eigenvalue weighted by Crippen LogP contribution is -2.27. The average Bonchev–Trinajstić information content (AvgIpc) is 3.00. The van der Waals surface area contributed by atoms with Gasteiger partial charge in [0.2, 0.25) is 0 Å². The lowest BCUT2D eigenvalue weighted by atomic mass is 10.3. The summed E-state index contributed by atoms with van der Waals surface area (Å²) in [4.78, 5) is 17.5. The van der Waals surface area contributed by atoms with E-state index in [1.54, 1.807) is 13.1 Å². The van der Waals surface area contributed by atoms with Crippen molar-refractivity contribution >= 4 is 27.3 Å². The molecule has 0 fully saturated rings. The molecule has 0 amide bonds. The van der Waals surface area contributed by atoms with E-state index in [-0.39, 0.29) is 9.77 Å². The number of aromatic carboxylic acids is 1. The number of thiophene rings is 1. The highest BCUT2D eigenvalue weighted by Crippen LogP contribution is 2.22. The second kappa shape index (κ2) is 5.11. The van der Waals surface area contributed by atoms with Crippen molar-refractivity contribution in [2.75, 3.05) is 0 Å². The molecule has 2 heterocycles. The van der Waals surface area contributed by atoms with Crippen molar-refractivity contribution in [1.29, 1.82) is 0 Å². The van der Waals surface area contributed by atoms with E-state index in [9.17, 15) is 13.2 Å². The molecule has 0 spiro atoms. The summed E-state index contributed by atoms with van der Waals surface area (Å²) >= 11 is 0.862. The number of rotatable bonds is 5. The molecule has 3 N–H and O–H groups in total. The molecule has 9 heteroatoms. The van der Waals surface area contributed by atoms with Crippen LogP contribution in [0.15, 0.2) is 28.0 Å². The minimum atomic E-state index is -3.75. The van der Waals surface area contributed by atoms with Gasteiger partial charge in [0.15, 0.2) is 0 Å². The highest BCUT2D eigenvalue weighted by Gasteiger charge is 2.22. The number of aromatic nitrogens is 2. The Hall–Kier alpha value is -1.71. The van der Waals surface area contributed by atoms with E-state index in [0.717, 1.165) is 17.4 Å². The van der Waals surface area contributed by atoms with Crippen LogP contribution in [0.2, 0.25) is 0 Å². The first kappa shape index (κ1) is 13.7. The summed E-state index contributed by atoms with van der Waals surface area (Å²) in [5.41, 5.74) is -0.0453. The maximum Gasteiger partial charge on any atom is 0.336 e. The summed E-state index contributed by atoms with van der Waals surface area (Å²) in [7, 11) is -3.75. The number of sulfonamides is 1. The quantitative estimate of drug-likeness (QED) is 0.768. The standard InChI is InChI=1S/C10H11N3O4S2/c1-6(9-11-2-3-12-9)13-19(16,17)8-4-7(5-18-8)10(14)15/h2-6,13H,1H3,(H,11,12)(H,14,15). The van der Waals surface area contributed by atoms with Crippen LogP contribution in [-0.4, -0.2) is 29.5 Å². The fourth-order valence-electron chi connectivity index (χ4n) is 1.43. The number of imidazole rings is 1. The molecule has 0 radical (unpaired) electrons. The van der Waals surface area contributed by atoms with E-state index in [2.05, 4.69) is 14.7 Å². The first-order valence-corrected chi connectivity index (χ1v) is 7.60. The molecule has 1 unspecified atom stereocenters. The largest absolute Gasteiger partial charge is 0.478 e. The van der Waals surface area contributed by atoms with Gasteiger partial charge in [0.05, 0.1) is 11.6 Å². The highest BCUT2D eigenvalue weighted by molar-refractivity contribution is 7.91. The Kier molecular flexibility index (Phi) is 3.69. The molecule has 0 saturated carbocycles. The molecule has 0 aliphatic carbocycles.